The van der Waals surface area contributed by atoms with E-state index < -0.39 is 60.0 Å². The summed E-state index contributed by atoms with van der Waals surface area (Å²) in [6, 6.07) is 2.13. The molecular formula is C21H27FN2O8. The number of halogens is 1. The average Bonchev–Trinajstić information content (AvgIpc) is 2.71. The minimum absolute atomic E-state index is 0.0146. The van der Waals surface area contributed by atoms with Gasteiger partial charge >= 0.3 is 17.9 Å². The average molecular weight is 454 g/mol. The van der Waals surface area contributed by atoms with Crippen molar-refractivity contribution in [2.75, 3.05) is 13.2 Å². The lowest BCUT2D eigenvalue weighted by molar-refractivity contribution is -0.160. The summed E-state index contributed by atoms with van der Waals surface area (Å²) in [4.78, 5) is 60.5. The Labute approximate surface area is 184 Å². The first kappa shape index (κ1) is 26.5. The number of ether oxygens (including phenoxy) is 2. The van der Waals surface area contributed by atoms with Gasteiger partial charge in [0.05, 0.1) is 25.6 Å². The number of carbonyl (C=O) groups excluding carboxylic acids is 4. The standard InChI is InChI=1S/C21H27FN2O8/c1-4-31-17(26)11-15(21(30)32-5-2)18(20(28)29)24-19(27)16(23-12(3)25)10-13-6-8-14(22)9-7-13/h6-9,15-16,18H,4-5,10-11H2,1-3H3,(H,23,25)(H,24,27)(H,28,29)/t15-,16-,18+/m0/s1. The number of aliphatic carboxylic acids is 1. The van der Waals surface area contributed by atoms with Crippen LogP contribution in [0.4, 0.5) is 4.39 Å². The molecule has 0 heterocycles. The smallest absolute Gasteiger partial charge is 0.327 e. The number of hydrogen-bond donors (Lipinski definition) is 3. The first-order valence-corrected chi connectivity index (χ1v) is 9.95. The molecule has 32 heavy (non-hydrogen) atoms. The van der Waals surface area contributed by atoms with E-state index >= 15 is 0 Å². The van der Waals surface area contributed by atoms with Gasteiger partial charge < -0.3 is 25.2 Å². The van der Waals surface area contributed by atoms with Gasteiger partial charge in [0.15, 0.2) is 0 Å². The van der Waals surface area contributed by atoms with E-state index in [1.54, 1.807) is 6.92 Å². The first-order valence-electron chi connectivity index (χ1n) is 9.95. The van der Waals surface area contributed by atoms with Gasteiger partial charge in [0.1, 0.15) is 17.9 Å². The van der Waals surface area contributed by atoms with Crippen molar-refractivity contribution in [3.05, 3.63) is 35.6 Å². The molecule has 0 aliphatic heterocycles. The summed E-state index contributed by atoms with van der Waals surface area (Å²) < 4.78 is 22.8. The molecule has 0 aromatic heterocycles. The van der Waals surface area contributed by atoms with E-state index in [4.69, 9.17) is 9.47 Å². The molecule has 1 aromatic rings. The highest BCUT2D eigenvalue weighted by Crippen LogP contribution is 2.15. The molecule has 3 N–H and O–H groups in total. The van der Waals surface area contributed by atoms with Crippen LogP contribution in [0.3, 0.4) is 0 Å². The van der Waals surface area contributed by atoms with Gasteiger partial charge in [-0.2, -0.15) is 0 Å². The highest BCUT2D eigenvalue weighted by molar-refractivity contribution is 5.93. The third-order valence-electron chi connectivity index (χ3n) is 4.29. The second kappa shape index (κ2) is 13.0. The van der Waals surface area contributed by atoms with E-state index in [0.717, 1.165) is 0 Å². The summed E-state index contributed by atoms with van der Waals surface area (Å²) in [5.41, 5.74) is 0.501. The molecule has 2 amide bonds. The number of carbonyl (C=O) groups is 5. The number of esters is 2. The second-order valence-electron chi connectivity index (χ2n) is 6.78. The zero-order valence-corrected chi connectivity index (χ0v) is 18.1. The molecule has 0 aliphatic carbocycles. The zero-order chi connectivity index (χ0) is 24.3. The van der Waals surface area contributed by atoms with Crippen molar-refractivity contribution >= 4 is 29.7 Å². The normalized spacial score (nSPS) is 13.2. The maximum Gasteiger partial charge on any atom is 0.327 e. The van der Waals surface area contributed by atoms with Crippen LogP contribution in [0.5, 0.6) is 0 Å². The molecule has 0 saturated carbocycles. The fourth-order valence-corrected chi connectivity index (χ4v) is 2.89. The van der Waals surface area contributed by atoms with Gasteiger partial charge in [0, 0.05) is 13.3 Å². The number of carboxylic acid groups (broad SMARTS) is 1. The lowest BCUT2D eigenvalue weighted by Gasteiger charge is -2.25. The molecule has 1 rings (SSSR count). The third kappa shape index (κ3) is 8.70. The Balaban J connectivity index is 3.13. The number of rotatable bonds is 12. The van der Waals surface area contributed by atoms with Gasteiger partial charge in [-0.05, 0) is 31.5 Å². The van der Waals surface area contributed by atoms with Crippen molar-refractivity contribution in [2.45, 2.75) is 45.7 Å². The van der Waals surface area contributed by atoms with Crippen molar-refractivity contribution in [1.82, 2.24) is 10.6 Å². The molecule has 11 heteroatoms. The SMILES string of the molecule is CCOC(=O)C[C@H](C(=O)OCC)[C@@H](NC(=O)[C@H](Cc1ccc(F)cc1)NC(C)=O)C(=O)O. The maximum atomic E-state index is 13.1. The van der Waals surface area contributed by atoms with Crippen molar-refractivity contribution in [1.29, 1.82) is 0 Å². The highest BCUT2D eigenvalue weighted by atomic mass is 19.1. The molecule has 0 spiro atoms. The van der Waals surface area contributed by atoms with Crippen molar-refractivity contribution in [3.8, 4) is 0 Å². The van der Waals surface area contributed by atoms with Gasteiger partial charge in [-0.1, -0.05) is 12.1 Å². The quantitative estimate of drug-likeness (QED) is 0.388. The number of hydrogen-bond acceptors (Lipinski definition) is 7. The molecule has 3 atom stereocenters. The molecule has 0 fully saturated rings. The van der Waals surface area contributed by atoms with E-state index in [2.05, 4.69) is 10.6 Å². The van der Waals surface area contributed by atoms with Crippen molar-refractivity contribution in [2.24, 2.45) is 5.92 Å². The van der Waals surface area contributed by atoms with Crippen LogP contribution in [0, 0.1) is 11.7 Å². The van der Waals surface area contributed by atoms with E-state index in [9.17, 15) is 33.5 Å². The van der Waals surface area contributed by atoms with Crippen LogP contribution >= 0.6 is 0 Å². The minimum Gasteiger partial charge on any atom is -0.480 e. The van der Waals surface area contributed by atoms with E-state index in [1.807, 2.05) is 0 Å². The molecule has 176 valence electrons. The largest absolute Gasteiger partial charge is 0.480 e. The monoisotopic (exact) mass is 454 g/mol. The summed E-state index contributed by atoms with van der Waals surface area (Å²) in [7, 11) is 0. The fraction of sp³-hybridized carbons (Fsp3) is 0.476. The van der Waals surface area contributed by atoms with Crippen LogP contribution in [-0.2, 0) is 39.9 Å². The third-order valence-corrected chi connectivity index (χ3v) is 4.29. The molecule has 0 radical (unpaired) electrons. The maximum absolute atomic E-state index is 13.1. The molecule has 0 bridgehead atoms. The number of carboxylic acids is 1. The van der Waals surface area contributed by atoms with Gasteiger partial charge in [-0.25, -0.2) is 9.18 Å². The Hall–Kier alpha value is -3.50. The van der Waals surface area contributed by atoms with E-state index in [0.29, 0.717) is 5.56 Å². The van der Waals surface area contributed by atoms with Crippen molar-refractivity contribution < 1.29 is 42.9 Å². The van der Waals surface area contributed by atoms with E-state index in [1.165, 1.54) is 38.1 Å². The van der Waals surface area contributed by atoms with E-state index in [-0.39, 0.29) is 19.6 Å². The second-order valence-corrected chi connectivity index (χ2v) is 6.78. The van der Waals surface area contributed by atoms with Crippen LogP contribution in [0.1, 0.15) is 32.8 Å². The van der Waals surface area contributed by atoms with Crippen LogP contribution in [0.15, 0.2) is 24.3 Å². The number of amides is 2. The van der Waals surface area contributed by atoms with Gasteiger partial charge in [-0.15, -0.1) is 0 Å². The summed E-state index contributed by atoms with van der Waals surface area (Å²) in [5, 5.41) is 14.2. The molecule has 0 aliphatic rings. The predicted molar refractivity (Wildman–Crippen MR) is 109 cm³/mol. The highest BCUT2D eigenvalue weighted by Gasteiger charge is 2.39. The lowest BCUT2D eigenvalue weighted by atomic mass is 9.95. The Morgan fingerprint density at radius 1 is 1.00 bits per heavy atom. The molecule has 0 unspecified atom stereocenters. The summed E-state index contributed by atoms with van der Waals surface area (Å²) in [5.74, 6) is -6.93. The molecular weight excluding hydrogens is 427 g/mol. The lowest BCUT2D eigenvalue weighted by Crippen LogP contribution is -2.55. The van der Waals surface area contributed by atoms with Gasteiger partial charge in [0.25, 0.3) is 0 Å². The van der Waals surface area contributed by atoms with Crippen LogP contribution in [0.25, 0.3) is 0 Å². The number of nitrogens with one attached hydrogen (secondary N) is 2. The molecule has 0 saturated heterocycles. The zero-order valence-electron chi connectivity index (χ0n) is 18.1. The van der Waals surface area contributed by atoms with Gasteiger partial charge in [0.2, 0.25) is 11.8 Å². The fourth-order valence-electron chi connectivity index (χ4n) is 2.89. The summed E-state index contributed by atoms with van der Waals surface area (Å²) in [6.07, 6.45) is -0.702. The van der Waals surface area contributed by atoms with Crippen LogP contribution in [0.2, 0.25) is 0 Å². The van der Waals surface area contributed by atoms with Gasteiger partial charge in [-0.3, -0.25) is 19.2 Å². The summed E-state index contributed by atoms with van der Waals surface area (Å²) in [6.45, 7) is 4.16. The summed E-state index contributed by atoms with van der Waals surface area (Å²) >= 11 is 0. The first-order chi connectivity index (χ1) is 15.1. The Morgan fingerprint density at radius 3 is 2.09 bits per heavy atom. The van der Waals surface area contributed by atoms with Crippen LogP contribution < -0.4 is 10.6 Å². The Morgan fingerprint density at radius 2 is 1.59 bits per heavy atom. The topological polar surface area (TPSA) is 148 Å². The molecule has 10 nitrogen and oxygen atoms in total. The predicted octanol–water partition coefficient (Wildman–Crippen LogP) is 0.575. The van der Waals surface area contributed by atoms with Crippen LogP contribution in [-0.4, -0.2) is 60.1 Å². The minimum atomic E-state index is -1.82. The molecule has 1 aromatic carbocycles. The number of benzene rings is 1. The van der Waals surface area contributed by atoms with Crippen molar-refractivity contribution in [3.63, 3.8) is 0 Å². The Kier molecular flexibility index (Phi) is 10.8. The Bertz CT molecular complexity index is 828.